The molecular formula is C13H15FO2S. The van der Waals surface area contributed by atoms with Gasteiger partial charge >= 0.3 is 0 Å². The van der Waals surface area contributed by atoms with Gasteiger partial charge in [0.05, 0.1) is 18.5 Å². The van der Waals surface area contributed by atoms with Crippen LogP contribution in [0.2, 0.25) is 0 Å². The molecule has 0 saturated carbocycles. The molecule has 1 heterocycles. The highest BCUT2D eigenvalue weighted by Crippen LogP contribution is 2.20. The zero-order chi connectivity index (χ0) is 12.1. The van der Waals surface area contributed by atoms with E-state index >= 15 is 0 Å². The van der Waals surface area contributed by atoms with Crippen molar-refractivity contribution >= 4 is 17.5 Å². The minimum absolute atomic E-state index is 0.0930. The highest BCUT2D eigenvalue weighted by atomic mass is 32.2. The molecule has 0 amide bonds. The van der Waals surface area contributed by atoms with Crippen LogP contribution in [0, 0.1) is 5.82 Å². The number of hydrogen-bond acceptors (Lipinski definition) is 3. The molecule has 1 aliphatic heterocycles. The molecule has 0 atom stereocenters. The molecule has 1 aromatic carbocycles. The highest BCUT2D eigenvalue weighted by Gasteiger charge is 2.18. The summed E-state index contributed by atoms with van der Waals surface area (Å²) in [6, 6.07) is 5.75. The minimum Gasteiger partial charge on any atom is -0.379 e. The summed E-state index contributed by atoms with van der Waals surface area (Å²) in [6.45, 7) is 1.69. The Balaban J connectivity index is 1.67. The first-order chi connectivity index (χ1) is 8.25. The van der Waals surface area contributed by atoms with Crippen LogP contribution in [0.3, 0.4) is 0 Å². The highest BCUT2D eigenvalue weighted by molar-refractivity contribution is 8.00. The largest absolute Gasteiger partial charge is 0.379 e. The molecule has 0 radical (unpaired) electrons. The Labute approximate surface area is 105 Å². The van der Waals surface area contributed by atoms with Gasteiger partial charge in [0.25, 0.3) is 0 Å². The van der Waals surface area contributed by atoms with Crippen LogP contribution >= 0.6 is 11.8 Å². The Morgan fingerprint density at radius 3 is 2.65 bits per heavy atom. The third kappa shape index (κ3) is 3.82. The van der Waals surface area contributed by atoms with Gasteiger partial charge in [-0.1, -0.05) is 0 Å². The number of Topliss-reactive ketones (excluding diaryl/α,β-unsaturated/α-hetero) is 1. The third-order valence-electron chi connectivity index (χ3n) is 2.68. The number of benzene rings is 1. The number of carbonyl (C=O) groups is 1. The van der Waals surface area contributed by atoms with Gasteiger partial charge in [-0.15, -0.1) is 0 Å². The van der Waals surface area contributed by atoms with Crippen LogP contribution in [-0.4, -0.2) is 30.0 Å². The molecule has 0 bridgehead atoms. The van der Waals surface area contributed by atoms with Crippen molar-refractivity contribution in [3.8, 4) is 0 Å². The van der Waals surface area contributed by atoms with Crippen LogP contribution in [0.5, 0.6) is 0 Å². The van der Waals surface area contributed by atoms with Gasteiger partial charge in [-0.25, -0.2) is 4.39 Å². The summed E-state index contributed by atoms with van der Waals surface area (Å²) in [4.78, 5) is 11.7. The van der Waals surface area contributed by atoms with Crippen molar-refractivity contribution in [1.29, 1.82) is 0 Å². The molecule has 0 aromatic heterocycles. The number of hydrogen-bond donors (Lipinski definition) is 0. The Kier molecular flexibility index (Phi) is 4.57. The fourth-order valence-electron chi connectivity index (χ4n) is 1.57. The Morgan fingerprint density at radius 1 is 1.35 bits per heavy atom. The number of rotatable bonds is 6. The van der Waals surface area contributed by atoms with Crippen molar-refractivity contribution in [3.63, 3.8) is 0 Å². The van der Waals surface area contributed by atoms with Gasteiger partial charge in [0, 0.05) is 12.0 Å². The Hall–Kier alpha value is -0.870. The fraction of sp³-hybridized carbons (Fsp3) is 0.462. The topological polar surface area (TPSA) is 26.3 Å². The monoisotopic (exact) mass is 254 g/mol. The van der Waals surface area contributed by atoms with E-state index in [9.17, 15) is 9.18 Å². The van der Waals surface area contributed by atoms with E-state index in [2.05, 4.69) is 0 Å². The van der Waals surface area contributed by atoms with Crippen LogP contribution < -0.4 is 0 Å². The molecule has 1 saturated heterocycles. The lowest BCUT2D eigenvalue weighted by Crippen LogP contribution is -2.30. The average Bonchev–Trinajstić information content (AvgIpc) is 2.27. The molecule has 0 unspecified atom stereocenters. The van der Waals surface area contributed by atoms with E-state index in [4.69, 9.17) is 4.74 Å². The van der Waals surface area contributed by atoms with Crippen LogP contribution in [0.15, 0.2) is 24.3 Å². The summed E-state index contributed by atoms with van der Waals surface area (Å²) in [5.74, 6) is 0.776. The second-order valence-electron chi connectivity index (χ2n) is 4.06. The summed E-state index contributed by atoms with van der Waals surface area (Å²) in [5.41, 5.74) is 0.600. The van der Waals surface area contributed by atoms with Crippen molar-refractivity contribution in [2.24, 2.45) is 0 Å². The van der Waals surface area contributed by atoms with Crippen LogP contribution in [0.1, 0.15) is 23.2 Å². The van der Waals surface area contributed by atoms with E-state index in [1.54, 1.807) is 12.1 Å². The Bertz CT molecular complexity index is 374. The molecule has 2 nitrogen and oxygen atoms in total. The van der Waals surface area contributed by atoms with Gasteiger partial charge in [0.15, 0.2) is 5.78 Å². The average molecular weight is 254 g/mol. The molecule has 0 aliphatic carbocycles. The molecule has 2 rings (SSSR count). The van der Waals surface area contributed by atoms with Gasteiger partial charge in [0.2, 0.25) is 0 Å². The molecular weight excluding hydrogens is 239 g/mol. The third-order valence-corrected chi connectivity index (χ3v) is 3.94. The fourth-order valence-corrected chi connectivity index (χ4v) is 2.60. The van der Waals surface area contributed by atoms with Gasteiger partial charge in [-0.05, 0) is 36.4 Å². The maximum atomic E-state index is 12.7. The molecule has 0 N–H and O–H groups in total. The SMILES string of the molecule is O=C(CCCSC1COC1)c1ccc(F)cc1. The summed E-state index contributed by atoms with van der Waals surface area (Å²) < 4.78 is 17.7. The first kappa shape index (κ1) is 12.6. The van der Waals surface area contributed by atoms with Crippen molar-refractivity contribution in [2.45, 2.75) is 18.1 Å². The van der Waals surface area contributed by atoms with Crippen LogP contribution in [0.25, 0.3) is 0 Å². The first-order valence-electron chi connectivity index (χ1n) is 5.74. The molecule has 92 valence electrons. The van der Waals surface area contributed by atoms with Gasteiger partial charge < -0.3 is 4.74 Å². The second kappa shape index (κ2) is 6.17. The lowest BCUT2D eigenvalue weighted by molar-refractivity contribution is 0.0455. The summed E-state index contributed by atoms with van der Waals surface area (Å²) in [7, 11) is 0. The predicted molar refractivity (Wildman–Crippen MR) is 67.0 cm³/mol. The van der Waals surface area contributed by atoms with E-state index in [-0.39, 0.29) is 11.6 Å². The zero-order valence-corrected chi connectivity index (χ0v) is 10.3. The number of carbonyl (C=O) groups excluding carboxylic acids is 1. The normalized spacial score (nSPS) is 15.6. The van der Waals surface area contributed by atoms with Crippen molar-refractivity contribution in [2.75, 3.05) is 19.0 Å². The Morgan fingerprint density at radius 2 is 2.06 bits per heavy atom. The van der Waals surface area contributed by atoms with E-state index < -0.39 is 0 Å². The van der Waals surface area contributed by atoms with Crippen molar-refractivity contribution in [1.82, 2.24) is 0 Å². The molecule has 1 fully saturated rings. The van der Waals surface area contributed by atoms with E-state index in [1.165, 1.54) is 12.1 Å². The van der Waals surface area contributed by atoms with E-state index in [1.807, 2.05) is 11.8 Å². The smallest absolute Gasteiger partial charge is 0.162 e. The van der Waals surface area contributed by atoms with Crippen LogP contribution in [-0.2, 0) is 4.74 Å². The zero-order valence-electron chi connectivity index (χ0n) is 9.52. The standard InChI is InChI=1S/C13H15FO2S/c14-11-5-3-10(4-6-11)13(15)2-1-7-17-12-8-16-9-12/h3-6,12H,1-2,7-9H2. The van der Waals surface area contributed by atoms with E-state index in [0.29, 0.717) is 17.2 Å². The summed E-state index contributed by atoms with van der Waals surface area (Å²) in [5, 5.41) is 0.621. The van der Waals surface area contributed by atoms with Crippen molar-refractivity contribution in [3.05, 3.63) is 35.6 Å². The maximum Gasteiger partial charge on any atom is 0.162 e. The van der Waals surface area contributed by atoms with Gasteiger partial charge in [0.1, 0.15) is 5.82 Å². The number of thioether (sulfide) groups is 1. The second-order valence-corrected chi connectivity index (χ2v) is 5.47. The van der Waals surface area contributed by atoms with Crippen molar-refractivity contribution < 1.29 is 13.9 Å². The quantitative estimate of drug-likeness (QED) is 0.577. The van der Waals surface area contributed by atoms with Gasteiger partial charge in [-0.3, -0.25) is 4.79 Å². The molecule has 4 heteroatoms. The molecule has 0 spiro atoms. The van der Waals surface area contributed by atoms with Crippen LogP contribution in [0.4, 0.5) is 4.39 Å². The number of halogens is 1. The lowest BCUT2D eigenvalue weighted by atomic mass is 10.1. The minimum atomic E-state index is -0.304. The molecule has 1 aliphatic rings. The van der Waals surface area contributed by atoms with E-state index in [0.717, 1.165) is 25.4 Å². The first-order valence-corrected chi connectivity index (χ1v) is 6.79. The predicted octanol–water partition coefficient (Wildman–Crippen LogP) is 2.92. The number of ether oxygens (including phenoxy) is 1. The molecule has 1 aromatic rings. The lowest BCUT2D eigenvalue weighted by Gasteiger charge is -2.25. The van der Waals surface area contributed by atoms with Gasteiger partial charge in [-0.2, -0.15) is 11.8 Å². The molecule has 17 heavy (non-hydrogen) atoms. The maximum absolute atomic E-state index is 12.7. The number of ketones is 1. The summed E-state index contributed by atoms with van der Waals surface area (Å²) in [6.07, 6.45) is 1.41. The summed E-state index contributed by atoms with van der Waals surface area (Å²) >= 11 is 1.87.